The quantitative estimate of drug-likeness (QED) is 0.723. The van der Waals surface area contributed by atoms with Crippen LogP contribution in [0.2, 0.25) is 0 Å². The number of carboxylic acid groups (broad SMARTS) is 1. The lowest BCUT2D eigenvalue weighted by molar-refractivity contribution is -0.121. The first-order valence-electron chi connectivity index (χ1n) is 8.29. The summed E-state index contributed by atoms with van der Waals surface area (Å²) >= 11 is 0. The van der Waals surface area contributed by atoms with Crippen molar-refractivity contribution in [3.05, 3.63) is 30.2 Å². The zero-order valence-electron chi connectivity index (χ0n) is 14.4. The Bertz CT molecular complexity index is 838. The molecular weight excluding hydrogens is 341 g/mol. The number of anilines is 1. The predicted octanol–water partition coefficient (Wildman–Crippen LogP) is 2.50. The molecule has 1 aliphatic heterocycles. The van der Waals surface area contributed by atoms with Gasteiger partial charge in [-0.25, -0.2) is 9.18 Å². The van der Waals surface area contributed by atoms with Crippen LogP contribution in [0.15, 0.2) is 24.5 Å². The molecule has 3 rings (SSSR count). The van der Waals surface area contributed by atoms with Gasteiger partial charge in [0.05, 0.1) is 35.2 Å². The Morgan fingerprint density at radius 2 is 2.23 bits per heavy atom. The van der Waals surface area contributed by atoms with Crippen molar-refractivity contribution in [2.75, 3.05) is 5.32 Å². The van der Waals surface area contributed by atoms with Crippen LogP contribution >= 0.6 is 0 Å². The smallest absolute Gasteiger partial charge is 0.405 e. The first-order valence-corrected chi connectivity index (χ1v) is 8.29. The highest BCUT2D eigenvalue weighted by Gasteiger charge is 2.28. The minimum Gasteiger partial charge on any atom is -0.465 e. The molecule has 3 atom stereocenters. The van der Waals surface area contributed by atoms with E-state index >= 15 is 0 Å². The number of nitrogens with zero attached hydrogens (tertiary/aromatic N) is 3. The van der Waals surface area contributed by atoms with Crippen LogP contribution in [0.3, 0.4) is 0 Å². The van der Waals surface area contributed by atoms with E-state index in [1.54, 1.807) is 30.1 Å². The largest absolute Gasteiger partial charge is 0.465 e. The average molecular weight is 361 g/mol. The van der Waals surface area contributed by atoms with Gasteiger partial charge in [-0.3, -0.25) is 14.5 Å². The fraction of sp³-hybridized carbons (Fsp3) is 0.412. The molecule has 0 saturated heterocycles. The zero-order valence-corrected chi connectivity index (χ0v) is 14.4. The van der Waals surface area contributed by atoms with Crippen molar-refractivity contribution in [1.82, 2.24) is 20.1 Å². The molecule has 0 saturated carbocycles. The average Bonchev–Trinajstić information content (AvgIpc) is 2.96. The third kappa shape index (κ3) is 3.51. The molecule has 2 bridgehead atoms. The fourth-order valence-corrected chi connectivity index (χ4v) is 3.09. The van der Waals surface area contributed by atoms with Crippen molar-refractivity contribution >= 4 is 17.7 Å². The highest BCUT2D eigenvalue weighted by atomic mass is 19.1. The van der Waals surface area contributed by atoms with Crippen LogP contribution in [0.1, 0.15) is 31.5 Å². The fourth-order valence-electron chi connectivity index (χ4n) is 3.09. The first kappa shape index (κ1) is 17.8. The van der Waals surface area contributed by atoms with E-state index in [-0.39, 0.29) is 12.8 Å². The first-order chi connectivity index (χ1) is 12.4. The molecule has 1 unspecified atom stereocenters. The number of carbonyl (C=O) groups is 2. The number of carbonyl (C=O) groups excluding carboxylic acids is 1. The summed E-state index contributed by atoms with van der Waals surface area (Å²) in [5.41, 5.74) is 2.33. The van der Waals surface area contributed by atoms with Gasteiger partial charge in [-0.2, -0.15) is 5.10 Å². The van der Waals surface area contributed by atoms with Crippen LogP contribution in [0, 0.1) is 5.92 Å². The lowest BCUT2D eigenvalue weighted by Gasteiger charge is -2.22. The summed E-state index contributed by atoms with van der Waals surface area (Å²) in [6.45, 7) is 1.51. The molecule has 2 aromatic heterocycles. The van der Waals surface area contributed by atoms with E-state index in [0.29, 0.717) is 17.1 Å². The molecule has 3 N–H and O–H groups in total. The lowest BCUT2D eigenvalue weighted by Crippen LogP contribution is -2.31. The summed E-state index contributed by atoms with van der Waals surface area (Å²) in [6, 6.07) is 2.81. The molecule has 0 spiro atoms. The maximum absolute atomic E-state index is 14.5. The van der Waals surface area contributed by atoms with Crippen LogP contribution in [-0.4, -0.2) is 38.0 Å². The highest BCUT2D eigenvalue weighted by Crippen LogP contribution is 2.31. The van der Waals surface area contributed by atoms with Crippen molar-refractivity contribution in [3.8, 4) is 11.3 Å². The Balaban J connectivity index is 2.11. The van der Waals surface area contributed by atoms with Gasteiger partial charge >= 0.3 is 6.09 Å². The van der Waals surface area contributed by atoms with Gasteiger partial charge in [0.25, 0.3) is 0 Å². The lowest BCUT2D eigenvalue weighted by atomic mass is 9.95. The number of hydrogen-bond donors (Lipinski definition) is 3. The normalized spacial score (nSPS) is 23.2. The molecule has 2 amide bonds. The molecule has 3 heterocycles. The van der Waals surface area contributed by atoms with Crippen molar-refractivity contribution in [3.63, 3.8) is 0 Å². The van der Waals surface area contributed by atoms with Crippen molar-refractivity contribution < 1.29 is 19.1 Å². The van der Waals surface area contributed by atoms with E-state index in [2.05, 4.69) is 20.7 Å². The summed E-state index contributed by atoms with van der Waals surface area (Å²) in [4.78, 5) is 27.8. The van der Waals surface area contributed by atoms with Crippen molar-refractivity contribution in [2.24, 2.45) is 13.0 Å². The number of rotatable bonds is 1. The van der Waals surface area contributed by atoms with E-state index in [0.717, 1.165) is 5.56 Å². The van der Waals surface area contributed by atoms with Gasteiger partial charge in [-0.1, -0.05) is 6.92 Å². The van der Waals surface area contributed by atoms with Gasteiger partial charge in [-0.15, -0.1) is 0 Å². The van der Waals surface area contributed by atoms with E-state index in [1.807, 2.05) is 0 Å². The maximum Gasteiger partial charge on any atom is 0.405 e. The monoisotopic (exact) mass is 361 g/mol. The van der Waals surface area contributed by atoms with Crippen LogP contribution in [0.5, 0.6) is 0 Å². The number of alkyl halides is 1. The summed E-state index contributed by atoms with van der Waals surface area (Å²) in [5.74, 6) is -1.32. The molecule has 9 heteroatoms. The predicted molar refractivity (Wildman–Crippen MR) is 92.3 cm³/mol. The minimum atomic E-state index is -1.41. The van der Waals surface area contributed by atoms with Crippen LogP contribution in [0.25, 0.3) is 11.3 Å². The summed E-state index contributed by atoms with van der Waals surface area (Å²) < 4.78 is 16.1. The molecule has 8 nitrogen and oxygen atoms in total. The van der Waals surface area contributed by atoms with Gasteiger partial charge < -0.3 is 15.7 Å². The second-order valence-electron chi connectivity index (χ2n) is 6.37. The zero-order chi connectivity index (χ0) is 18.8. The molecule has 2 aromatic rings. The number of hydrogen-bond acceptors (Lipinski definition) is 4. The number of aromatic nitrogens is 3. The van der Waals surface area contributed by atoms with E-state index in [9.17, 15) is 14.0 Å². The summed E-state index contributed by atoms with van der Waals surface area (Å²) in [5, 5.41) is 18.4. The second kappa shape index (κ2) is 7.11. The van der Waals surface area contributed by atoms with Crippen LogP contribution in [-0.2, 0) is 11.8 Å². The topological polar surface area (TPSA) is 109 Å². The number of fused-ring (bicyclic) bond motifs is 4. The van der Waals surface area contributed by atoms with Gasteiger partial charge in [0.15, 0.2) is 0 Å². The van der Waals surface area contributed by atoms with Gasteiger partial charge in [0.1, 0.15) is 6.17 Å². The van der Waals surface area contributed by atoms with Crippen LogP contribution < -0.4 is 10.6 Å². The molecular formula is C17H20FN5O3. The Morgan fingerprint density at radius 3 is 2.96 bits per heavy atom. The maximum atomic E-state index is 14.5. The Hall–Kier alpha value is -2.97. The number of aryl methyl sites for hydroxylation is 1. The molecule has 0 fully saturated rings. The van der Waals surface area contributed by atoms with Crippen LogP contribution in [0.4, 0.5) is 14.9 Å². The molecule has 1 aliphatic rings. The van der Waals surface area contributed by atoms with Gasteiger partial charge in [0.2, 0.25) is 5.91 Å². The molecule has 26 heavy (non-hydrogen) atoms. The SMILES string of the molecule is C[C@H]1C(=O)Nc2cnn(C)c2-c2ccnc(c2)[C@@H](NC(=O)O)CCC1F. The third-order valence-electron chi connectivity index (χ3n) is 4.59. The summed E-state index contributed by atoms with van der Waals surface area (Å²) in [7, 11) is 1.73. The van der Waals surface area contributed by atoms with Crippen molar-refractivity contribution in [1.29, 1.82) is 0 Å². The summed E-state index contributed by atoms with van der Waals surface area (Å²) in [6.07, 6.45) is 0.672. The number of pyridine rings is 1. The standard InChI is InChI=1S/C17H20FN5O3/c1-9-11(18)3-4-12(22-17(25)26)13-7-10(5-6-19-13)15-14(21-16(9)24)8-20-23(15)2/h5-9,11-12,22H,3-4H2,1-2H3,(H,21,24)(H,25,26)/t9-,11?,12+/m1/s1. The van der Waals surface area contributed by atoms with E-state index < -0.39 is 30.1 Å². The highest BCUT2D eigenvalue weighted by molar-refractivity contribution is 5.96. The molecule has 0 aromatic carbocycles. The number of nitrogens with one attached hydrogen (secondary N) is 2. The second-order valence-corrected chi connectivity index (χ2v) is 6.37. The van der Waals surface area contributed by atoms with Gasteiger partial charge in [-0.05, 0) is 25.0 Å². The van der Waals surface area contributed by atoms with Gasteiger partial charge in [0, 0.05) is 18.8 Å². The minimum absolute atomic E-state index is 0.0331. The Morgan fingerprint density at radius 1 is 1.46 bits per heavy atom. The number of halogens is 1. The molecule has 0 radical (unpaired) electrons. The third-order valence-corrected chi connectivity index (χ3v) is 4.59. The van der Waals surface area contributed by atoms with E-state index in [1.165, 1.54) is 13.1 Å². The molecule has 138 valence electrons. The van der Waals surface area contributed by atoms with Crippen molar-refractivity contribution in [2.45, 2.75) is 32.0 Å². The van der Waals surface area contributed by atoms with E-state index in [4.69, 9.17) is 5.11 Å². The molecule has 0 aliphatic carbocycles. The Labute approximate surface area is 149 Å². The Kier molecular flexibility index (Phi) is 4.88. The number of amides is 2.